The number of aromatic nitrogens is 3. The number of carbonyl (C=O) groups is 1. The van der Waals surface area contributed by atoms with Crippen molar-refractivity contribution >= 4 is 28.4 Å². The van der Waals surface area contributed by atoms with Crippen LogP contribution in [0, 0.1) is 0 Å². The smallest absolute Gasteiger partial charge is 0.246 e. The molecule has 8 heteroatoms. The molecule has 2 N–H and O–H groups in total. The number of hydrogen-bond donors (Lipinski definition) is 2. The molecule has 0 saturated carbocycles. The second-order valence-electron chi connectivity index (χ2n) is 5.37. The molecule has 130 valence electrons. The highest BCUT2D eigenvalue weighted by Crippen LogP contribution is 2.31. The van der Waals surface area contributed by atoms with Gasteiger partial charge < -0.3 is 19.8 Å². The maximum absolute atomic E-state index is 11.5. The van der Waals surface area contributed by atoms with E-state index in [0.717, 1.165) is 22.2 Å². The van der Waals surface area contributed by atoms with Gasteiger partial charge in [-0.15, -0.1) is 0 Å². The molecule has 0 aliphatic carbocycles. The summed E-state index contributed by atoms with van der Waals surface area (Å²) < 4.78 is 9.80. The highest BCUT2D eigenvalue weighted by Gasteiger charge is 2.11. The predicted molar refractivity (Wildman–Crippen MR) is 94.6 cm³/mol. The zero-order valence-electron chi connectivity index (χ0n) is 13.8. The molecular formula is C17H17ClN4O3. The van der Waals surface area contributed by atoms with E-state index >= 15 is 0 Å². The average Bonchev–Trinajstić information content (AvgIpc) is 3.01. The van der Waals surface area contributed by atoms with Gasteiger partial charge in [-0.2, -0.15) is 0 Å². The van der Waals surface area contributed by atoms with Gasteiger partial charge in [-0.1, -0.05) is 11.6 Å². The molecule has 7 nitrogen and oxygen atoms in total. The van der Waals surface area contributed by atoms with Crippen molar-refractivity contribution in [2.45, 2.75) is 6.54 Å². The summed E-state index contributed by atoms with van der Waals surface area (Å²) in [5.74, 6) is 0.267. The summed E-state index contributed by atoms with van der Waals surface area (Å²) in [5.41, 5.74) is 3.18. The van der Waals surface area contributed by atoms with Crippen molar-refractivity contribution in [3.8, 4) is 17.1 Å². The van der Waals surface area contributed by atoms with Crippen LogP contribution in [0.4, 0.5) is 0 Å². The molecule has 2 heterocycles. The summed E-state index contributed by atoms with van der Waals surface area (Å²) in [5, 5.41) is 4.29. The van der Waals surface area contributed by atoms with E-state index < -0.39 is 0 Å². The number of halogens is 1. The molecule has 0 bridgehead atoms. The van der Waals surface area contributed by atoms with Gasteiger partial charge in [-0.05, 0) is 18.2 Å². The highest BCUT2D eigenvalue weighted by molar-refractivity contribution is 6.34. The van der Waals surface area contributed by atoms with Crippen LogP contribution in [0.1, 0.15) is 5.69 Å². The quantitative estimate of drug-likeness (QED) is 0.705. The van der Waals surface area contributed by atoms with Crippen LogP contribution in [0.5, 0.6) is 5.88 Å². The van der Waals surface area contributed by atoms with Gasteiger partial charge in [-0.25, -0.2) is 9.97 Å². The van der Waals surface area contributed by atoms with Crippen LogP contribution in [0.2, 0.25) is 5.02 Å². The monoisotopic (exact) mass is 360 g/mol. The van der Waals surface area contributed by atoms with Gasteiger partial charge in [0.05, 0.1) is 36.8 Å². The van der Waals surface area contributed by atoms with Crippen LogP contribution in [0.25, 0.3) is 22.2 Å². The Labute approximate surface area is 149 Å². The average molecular weight is 361 g/mol. The highest BCUT2D eigenvalue weighted by atomic mass is 35.5. The van der Waals surface area contributed by atoms with Crippen LogP contribution in [-0.4, -0.2) is 41.7 Å². The second kappa shape index (κ2) is 7.50. The summed E-state index contributed by atoms with van der Waals surface area (Å²) in [4.78, 5) is 23.2. The number of aromatic amines is 1. The Kier molecular flexibility index (Phi) is 5.16. The lowest BCUT2D eigenvalue weighted by atomic mass is 10.1. The zero-order chi connectivity index (χ0) is 17.8. The van der Waals surface area contributed by atoms with E-state index in [0.29, 0.717) is 23.1 Å². The summed E-state index contributed by atoms with van der Waals surface area (Å²) in [6.45, 7) is 0.415. The first-order valence-electron chi connectivity index (χ1n) is 7.54. The number of rotatable bonds is 6. The van der Waals surface area contributed by atoms with Crippen LogP contribution in [0.15, 0.2) is 30.6 Å². The van der Waals surface area contributed by atoms with Crippen LogP contribution < -0.4 is 10.1 Å². The van der Waals surface area contributed by atoms with Crippen molar-refractivity contribution in [3.63, 3.8) is 0 Å². The fourth-order valence-electron chi connectivity index (χ4n) is 2.44. The number of benzene rings is 1. The SMILES string of the molecule is COCC(=O)NCc1cc2cc(Cl)c(-c3cnc(OC)cn3)cc2[nH]1. The van der Waals surface area contributed by atoms with Gasteiger partial charge in [0.2, 0.25) is 11.8 Å². The standard InChI is InChI=1S/C17H17ClN4O3/c1-24-9-16(23)20-6-11-3-10-4-13(18)12(5-14(10)22-11)15-7-21-17(25-2)8-19-15/h3-5,7-8,22H,6,9H2,1-2H3,(H,20,23). The minimum atomic E-state index is -0.173. The van der Waals surface area contributed by atoms with Gasteiger partial charge in [0.1, 0.15) is 6.61 Å². The van der Waals surface area contributed by atoms with E-state index in [-0.39, 0.29) is 12.5 Å². The van der Waals surface area contributed by atoms with E-state index in [1.807, 2.05) is 18.2 Å². The van der Waals surface area contributed by atoms with Crippen molar-refractivity contribution in [3.05, 3.63) is 41.3 Å². The minimum Gasteiger partial charge on any atom is -0.480 e. The number of methoxy groups -OCH3 is 2. The Morgan fingerprint density at radius 3 is 2.76 bits per heavy atom. The lowest BCUT2D eigenvalue weighted by molar-refractivity contribution is -0.124. The second-order valence-corrected chi connectivity index (χ2v) is 5.77. The summed E-state index contributed by atoms with van der Waals surface area (Å²) in [6, 6.07) is 5.71. The molecule has 3 rings (SSSR count). The molecule has 3 aromatic rings. The van der Waals surface area contributed by atoms with Crippen molar-refractivity contribution in [1.82, 2.24) is 20.3 Å². The van der Waals surface area contributed by atoms with Gasteiger partial charge >= 0.3 is 0 Å². The Hall–Kier alpha value is -2.64. The van der Waals surface area contributed by atoms with E-state index in [2.05, 4.69) is 20.3 Å². The van der Waals surface area contributed by atoms with Crippen LogP contribution >= 0.6 is 11.6 Å². The third kappa shape index (κ3) is 3.89. The number of carbonyl (C=O) groups excluding carboxylic acids is 1. The van der Waals surface area contributed by atoms with Crippen molar-refractivity contribution < 1.29 is 14.3 Å². The number of hydrogen-bond acceptors (Lipinski definition) is 5. The number of amides is 1. The molecular weight excluding hydrogens is 344 g/mol. The summed E-state index contributed by atoms with van der Waals surface area (Å²) >= 11 is 6.39. The van der Waals surface area contributed by atoms with E-state index in [9.17, 15) is 4.79 Å². The summed E-state index contributed by atoms with van der Waals surface area (Å²) in [7, 11) is 3.02. The normalized spacial score (nSPS) is 10.8. The molecule has 0 fully saturated rings. The topological polar surface area (TPSA) is 89.1 Å². The molecule has 0 aliphatic heterocycles. The molecule has 0 radical (unpaired) electrons. The number of fused-ring (bicyclic) bond motifs is 1. The van der Waals surface area contributed by atoms with Crippen molar-refractivity contribution in [2.24, 2.45) is 0 Å². The third-order valence-electron chi connectivity index (χ3n) is 3.63. The van der Waals surface area contributed by atoms with Gasteiger partial charge in [0, 0.05) is 29.3 Å². The molecule has 2 aromatic heterocycles. The van der Waals surface area contributed by atoms with Gasteiger partial charge in [0.15, 0.2) is 0 Å². The fraction of sp³-hybridized carbons (Fsp3) is 0.235. The third-order valence-corrected chi connectivity index (χ3v) is 3.94. The molecule has 1 amide bonds. The van der Waals surface area contributed by atoms with Crippen LogP contribution in [0.3, 0.4) is 0 Å². The van der Waals surface area contributed by atoms with E-state index in [1.54, 1.807) is 12.4 Å². The first-order valence-corrected chi connectivity index (χ1v) is 7.91. The first kappa shape index (κ1) is 17.2. The van der Waals surface area contributed by atoms with Gasteiger partial charge in [0.25, 0.3) is 0 Å². The Balaban J connectivity index is 1.86. The number of H-pyrrole nitrogens is 1. The number of nitrogens with one attached hydrogen (secondary N) is 2. The number of nitrogens with zero attached hydrogens (tertiary/aromatic N) is 2. The molecule has 0 atom stereocenters. The minimum absolute atomic E-state index is 0.0341. The Bertz CT molecular complexity index is 893. The Morgan fingerprint density at radius 1 is 1.24 bits per heavy atom. The number of ether oxygens (including phenoxy) is 2. The van der Waals surface area contributed by atoms with E-state index in [4.69, 9.17) is 21.1 Å². The molecule has 1 aromatic carbocycles. The lowest BCUT2D eigenvalue weighted by Crippen LogP contribution is -2.26. The predicted octanol–water partition coefficient (Wildman–Crippen LogP) is 2.55. The molecule has 25 heavy (non-hydrogen) atoms. The maximum atomic E-state index is 11.5. The fourth-order valence-corrected chi connectivity index (χ4v) is 2.71. The largest absolute Gasteiger partial charge is 0.480 e. The molecule has 0 unspecified atom stereocenters. The van der Waals surface area contributed by atoms with E-state index in [1.165, 1.54) is 14.2 Å². The lowest BCUT2D eigenvalue weighted by Gasteiger charge is -2.05. The van der Waals surface area contributed by atoms with Crippen molar-refractivity contribution in [2.75, 3.05) is 20.8 Å². The molecule has 0 aliphatic rings. The first-order chi connectivity index (χ1) is 12.1. The summed E-state index contributed by atoms with van der Waals surface area (Å²) in [6.07, 6.45) is 3.15. The molecule has 0 saturated heterocycles. The maximum Gasteiger partial charge on any atom is 0.246 e. The molecule has 0 spiro atoms. The zero-order valence-corrected chi connectivity index (χ0v) is 14.6. The van der Waals surface area contributed by atoms with Gasteiger partial charge in [-0.3, -0.25) is 4.79 Å². The van der Waals surface area contributed by atoms with Crippen LogP contribution in [-0.2, 0) is 16.1 Å². The van der Waals surface area contributed by atoms with Crippen molar-refractivity contribution in [1.29, 1.82) is 0 Å². The Morgan fingerprint density at radius 2 is 2.08 bits per heavy atom.